The van der Waals surface area contributed by atoms with E-state index in [0.29, 0.717) is 31.6 Å². The Morgan fingerprint density at radius 2 is 1.77 bits per heavy atom. The van der Waals surface area contributed by atoms with Crippen LogP contribution in [0.2, 0.25) is 0 Å². The predicted octanol–water partition coefficient (Wildman–Crippen LogP) is 4.57. The van der Waals surface area contributed by atoms with Gasteiger partial charge in [-0.25, -0.2) is 14.2 Å². The fourth-order valence-electron chi connectivity index (χ4n) is 7.01. The van der Waals surface area contributed by atoms with Gasteiger partial charge >= 0.3 is 6.09 Å². The van der Waals surface area contributed by atoms with E-state index >= 15 is 0 Å². The Morgan fingerprint density at radius 3 is 2.40 bits per heavy atom. The van der Waals surface area contributed by atoms with Crippen LogP contribution in [0.5, 0.6) is 0 Å². The Kier molecular flexibility index (Phi) is 9.69. The number of carbonyl (C=O) groups is 4. The Bertz CT molecular complexity index is 1520. The SMILES string of the molecule is C[C@@H](C(=O)N[C@H](C(=O)N1CCCC12CC2N(CCc1ccc(F)cc1)C(=O)c1cn2c(n1)CCC2)C(C)(C)C)N(C)C(=O)OC(C)(C)C. The number of aromatic nitrogens is 2. The first-order chi connectivity index (χ1) is 22.4. The summed E-state index contributed by atoms with van der Waals surface area (Å²) in [6.45, 7) is 14.3. The molecule has 0 radical (unpaired) electrons. The van der Waals surface area contributed by atoms with Gasteiger partial charge in [0.2, 0.25) is 11.8 Å². The maximum atomic E-state index is 14.5. The van der Waals surface area contributed by atoms with Crippen LogP contribution in [0.4, 0.5) is 9.18 Å². The number of carbonyl (C=O) groups excluding carboxylic acids is 4. The van der Waals surface area contributed by atoms with Crippen LogP contribution in [0.25, 0.3) is 0 Å². The van der Waals surface area contributed by atoms with Gasteiger partial charge in [0.25, 0.3) is 5.91 Å². The monoisotopic (exact) mass is 666 g/mol. The second kappa shape index (κ2) is 13.2. The van der Waals surface area contributed by atoms with E-state index in [4.69, 9.17) is 4.74 Å². The van der Waals surface area contributed by atoms with E-state index in [0.717, 1.165) is 43.6 Å². The van der Waals surface area contributed by atoms with Gasteiger partial charge in [-0.2, -0.15) is 0 Å². The minimum absolute atomic E-state index is 0.167. The topological polar surface area (TPSA) is 117 Å². The summed E-state index contributed by atoms with van der Waals surface area (Å²) < 4.78 is 21.1. The number of imidazole rings is 1. The molecule has 2 aromatic rings. The zero-order valence-corrected chi connectivity index (χ0v) is 29.6. The molecule has 1 N–H and O–H groups in total. The molecule has 1 aromatic heterocycles. The highest BCUT2D eigenvalue weighted by Gasteiger charge is 2.65. The highest BCUT2D eigenvalue weighted by Crippen LogP contribution is 2.53. The van der Waals surface area contributed by atoms with Crippen LogP contribution in [-0.4, -0.2) is 97.5 Å². The van der Waals surface area contributed by atoms with Crippen molar-refractivity contribution in [2.45, 2.75) is 123 Å². The van der Waals surface area contributed by atoms with E-state index in [9.17, 15) is 23.6 Å². The third-order valence-corrected chi connectivity index (χ3v) is 9.91. The van der Waals surface area contributed by atoms with Crippen LogP contribution < -0.4 is 5.32 Å². The number of likely N-dealkylation sites (N-methyl/N-ethyl adjacent to an activating group) is 1. The second-order valence-electron chi connectivity index (χ2n) is 15.7. The van der Waals surface area contributed by atoms with Crippen molar-refractivity contribution in [3.05, 3.63) is 53.4 Å². The first-order valence-corrected chi connectivity index (χ1v) is 17.1. The first-order valence-electron chi connectivity index (χ1n) is 17.1. The molecule has 1 aliphatic carbocycles. The summed E-state index contributed by atoms with van der Waals surface area (Å²) in [6, 6.07) is 4.34. The second-order valence-corrected chi connectivity index (χ2v) is 15.7. The van der Waals surface area contributed by atoms with Crippen molar-refractivity contribution in [1.82, 2.24) is 29.6 Å². The lowest BCUT2D eigenvalue weighted by atomic mass is 9.85. The van der Waals surface area contributed by atoms with Crippen molar-refractivity contribution >= 4 is 23.8 Å². The Morgan fingerprint density at radius 1 is 1.08 bits per heavy atom. The average Bonchev–Trinajstić information content (AvgIpc) is 3.31. The molecule has 12 heteroatoms. The van der Waals surface area contributed by atoms with Gasteiger partial charge in [0, 0.05) is 39.3 Å². The van der Waals surface area contributed by atoms with Crippen molar-refractivity contribution in [1.29, 1.82) is 0 Å². The number of hydrogen-bond donors (Lipinski definition) is 1. The van der Waals surface area contributed by atoms with E-state index in [-0.39, 0.29) is 23.7 Å². The third-order valence-electron chi connectivity index (χ3n) is 9.91. The molecule has 11 nitrogen and oxygen atoms in total. The highest BCUT2D eigenvalue weighted by molar-refractivity contribution is 5.94. The molecule has 1 aromatic carbocycles. The van der Waals surface area contributed by atoms with Gasteiger partial charge in [0.15, 0.2) is 0 Å². The fraction of sp³-hybridized carbons (Fsp3) is 0.639. The van der Waals surface area contributed by atoms with Gasteiger partial charge in [-0.1, -0.05) is 32.9 Å². The van der Waals surface area contributed by atoms with E-state index in [1.165, 1.54) is 24.1 Å². The molecule has 2 unspecified atom stereocenters. The molecule has 3 aliphatic rings. The number of nitrogens with one attached hydrogen (secondary N) is 1. The van der Waals surface area contributed by atoms with Gasteiger partial charge in [0.05, 0.1) is 11.6 Å². The lowest BCUT2D eigenvalue weighted by Crippen LogP contribution is -2.60. The van der Waals surface area contributed by atoms with Gasteiger partial charge in [0.1, 0.15) is 35.0 Å². The molecule has 4 amide bonds. The fourth-order valence-corrected chi connectivity index (χ4v) is 7.01. The van der Waals surface area contributed by atoms with Crippen molar-refractivity contribution in [3.63, 3.8) is 0 Å². The predicted molar refractivity (Wildman–Crippen MR) is 179 cm³/mol. The lowest BCUT2D eigenvalue weighted by molar-refractivity contribution is -0.142. The van der Waals surface area contributed by atoms with E-state index in [2.05, 4.69) is 10.3 Å². The van der Waals surface area contributed by atoms with Gasteiger partial charge in [-0.15, -0.1) is 0 Å². The number of ether oxygens (including phenoxy) is 1. The number of rotatable bonds is 9. The number of benzene rings is 1. The number of likely N-dealkylation sites (tertiary alicyclic amines) is 1. The summed E-state index contributed by atoms with van der Waals surface area (Å²) in [5.74, 6) is -0.224. The minimum Gasteiger partial charge on any atom is -0.444 e. The zero-order valence-electron chi connectivity index (χ0n) is 29.6. The zero-order chi connectivity index (χ0) is 35.2. The average molecular weight is 667 g/mol. The summed E-state index contributed by atoms with van der Waals surface area (Å²) in [7, 11) is 1.50. The molecule has 4 atom stereocenters. The maximum absolute atomic E-state index is 14.5. The molecule has 3 heterocycles. The molecule has 5 rings (SSSR count). The van der Waals surface area contributed by atoms with Crippen LogP contribution in [0.1, 0.15) is 96.0 Å². The third kappa shape index (κ3) is 7.37. The first kappa shape index (κ1) is 35.3. The lowest BCUT2D eigenvalue weighted by Gasteiger charge is -2.38. The quantitative estimate of drug-likeness (QED) is 0.419. The smallest absolute Gasteiger partial charge is 0.410 e. The van der Waals surface area contributed by atoms with Crippen molar-refractivity contribution < 1.29 is 28.3 Å². The highest BCUT2D eigenvalue weighted by atomic mass is 19.1. The van der Waals surface area contributed by atoms with Crippen LogP contribution in [-0.2, 0) is 33.7 Å². The van der Waals surface area contributed by atoms with E-state index in [1.54, 1.807) is 39.8 Å². The van der Waals surface area contributed by atoms with Crippen molar-refractivity contribution in [2.24, 2.45) is 5.41 Å². The molecule has 1 spiro atoms. The molecule has 2 aliphatic heterocycles. The number of nitrogens with zero attached hydrogens (tertiary/aromatic N) is 5. The summed E-state index contributed by atoms with van der Waals surface area (Å²) in [6.07, 6.45) is 5.74. The van der Waals surface area contributed by atoms with Crippen LogP contribution in [0.3, 0.4) is 0 Å². The molecule has 0 bridgehead atoms. The number of halogens is 1. The normalized spacial score (nSPS) is 21.4. The Hall–Kier alpha value is -3.96. The summed E-state index contributed by atoms with van der Waals surface area (Å²) in [5, 5.41) is 2.96. The number of hydrogen-bond acceptors (Lipinski definition) is 6. The summed E-state index contributed by atoms with van der Waals surface area (Å²) in [4.78, 5) is 64.4. The van der Waals surface area contributed by atoms with Gasteiger partial charge in [-0.05, 0) is 82.9 Å². The molecular formula is C36H51FN6O5. The summed E-state index contributed by atoms with van der Waals surface area (Å²) in [5.41, 5.74) is -0.588. The van der Waals surface area contributed by atoms with E-state index < -0.39 is 40.6 Å². The van der Waals surface area contributed by atoms with Crippen molar-refractivity contribution in [3.8, 4) is 0 Å². The van der Waals surface area contributed by atoms with Crippen LogP contribution in [0, 0.1) is 11.2 Å². The van der Waals surface area contributed by atoms with Crippen LogP contribution >= 0.6 is 0 Å². The molecule has 2 fully saturated rings. The molecular weight excluding hydrogens is 615 g/mol. The Labute approximate surface area is 283 Å². The minimum atomic E-state index is -0.880. The van der Waals surface area contributed by atoms with Crippen molar-refractivity contribution in [2.75, 3.05) is 20.1 Å². The van der Waals surface area contributed by atoms with E-state index in [1.807, 2.05) is 41.3 Å². The molecule has 262 valence electrons. The molecule has 1 saturated heterocycles. The number of amides is 4. The largest absolute Gasteiger partial charge is 0.444 e. The summed E-state index contributed by atoms with van der Waals surface area (Å²) >= 11 is 0. The number of aryl methyl sites for hydroxylation is 2. The van der Waals surface area contributed by atoms with Crippen LogP contribution in [0.15, 0.2) is 30.5 Å². The molecule has 48 heavy (non-hydrogen) atoms. The molecule has 1 saturated carbocycles. The van der Waals surface area contributed by atoms with Gasteiger partial charge < -0.3 is 24.4 Å². The standard InChI is InChI=1S/C36H51FN6O5/c1-23(40(8)33(47)48-35(5,6)7)30(44)39-29(34(2,3)4)32(46)43-19-10-17-36(43)21-27(36)42(20-16-24-12-14-25(37)15-13-24)31(45)26-22-41-18-9-11-28(41)38-26/h12-15,22-23,27,29H,9-11,16-21H2,1-8H3,(H,39,44)/t23-,27?,29+,36?/m0/s1. The Balaban J connectivity index is 1.35. The maximum Gasteiger partial charge on any atom is 0.410 e. The number of fused-ring (bicyclic) bond motifs is 1. The van der Waals surface area contributed by atoms with Gasteiger partial charge in [-0.3, -0.25) is 19.3 Å².